The normalized spacial score (nSPS) is 10.2. The number of carbonyl (C=O) groups is 2. The predicted octanol–water partition coefficient (Wildman–Crippen LogP) is 2.26. The summed E-state index contributed by atoms with van der Waals surface area (Å²) in [6, 6.07) is 9.93. The van der Waals surface area contributed by atoms with Crippen LogP contribution in [0.4, 0.5) is 0 Å². The van der Waals surface area contributed by atoms with Crippen molar-refractivity contribution in [3.63, 3.8) is 0 Å². The minimum atomic E-state index is -0.447. The topological polar surface area (TPSA) is 94.1 Å². The maximum Gasteiger partial charge on any atom is 0.337 e. The van der Waals surface area contributed by atoms with Gasteiger partial charge in [-0.3, -0.25) is 19.7 Å². The number of methoxy groups -OCH3 is 1. The van der Waals surface area contributed by atoms with E-state index in [-0.39, 0.29) is 12.5 Å². The molecular formula is C19H16N4O3. The summed E-state index contributed by atoms with van der Waals surface area (Å²) in [5.41, 5.74) is 2.95. The van der Waals surface area contributed by atoms with Crippen LogP contribution in [0, 0.1) is 0 Å². The van der Waals surface area contributed by atoms with Crippen molar-refractivity contribution in [1.82, 2.24) is 20.3 Å². The zero-order valence-corrected chi connectivity index (χ0v) is 14.0. The highest BCUT2D eigenvalue weighted by Gasteiger charge is 2.12. The molecule has 0 bridgehead atoms. The lowest BCUT2D eigenvalue weighted by atomic mass is 10.1. The third-order valence-corrected chi connectivity index (χ3v) is 3.69. The van der Waals surface area contributed by atoms with Crippen LogP contribution in [0.3, 0.4) is 0 Å². The van der Waals surface area contributed by atoms with Gasteiger partial charge in [0.1, 0.15) is 0 Å². The second kappa shape index (κ2) is 7.98. The monoisotopic (exact) mass is 348 g/mol. The third kappa shape index (κ3) is 3.89. The lowest BCUT2D eigenvalue weighted by Gasteiger charge is -2.09. The largest absolute Gasteiger partial charge is 0.465 e. The second-order valence-corrected chi connectivity index (χ2v) is 5.34. The molecule has 0 aliphatic rings. The lowest BCUT2D eigenvalue weighted by Crippen LogP contribution is -2.24. The smallest absolute Gasteiger partial charge is 0.337 e. The van der Waals surface area contributed by atoms with E-state index in [4.69, 9.17) is 0 Å². The number of hydrogen-bond acceptors (Lipinski definition) is 6. The van der Waals surface area contributed by atoms with Gasteiger partial charge in [0.2, 0.25) is 0 Å². The fraction of sp³-hybridized carbons (Fsp3) is 0.105. The number of carbonyl (C=O) groups excluding carboxylic acids is 2. The molecule has 130 valence electrons. The van der Waals surface area contributed by atoms with Crippen LogP contribution in [0.15, 0.2) is 61.2 Å². The first kappa shape index (κ1) is 17.2. The van der Waals surface area contributed by atoms with Crippen LogP contribution < -0.4 is 5.32 Å². The van der Waals surface area contributed by atoms with Crippen molar-refractivity contribution >= 4 is 11.9 Å². The van der Waals surface area contributed by atoms with Crippen molar-refractivity contribution in [3.05, 3.63) is 78.0 Å². The van der Waals surface area contributed by atoms with Gasteiger partial charge >= 0.3 is 5.97 Å². The van der Waals surface area contributed by atoms with Crippen LogP contribution in [0.1, 0.15) is 26.4 Å². The number of hydrogen-bond donors (Lipinski definition) is 1. The molecule has 2 heterocycles. The van der Waals surface area contributed by atoms with Gasteiger partial charge in [-0.05, 0) is 36.4 Å². The maximum absolute atomic E-state index is 12.3. The molecule has 1 aromatic carbocycles. The van der Waals surface area contributed by atoms with E-state index in [0.717, 1.165) is 5.56 Å². The Morgan fingerprint density at radius 2 is 1.73 bits per heavy atom. The molecule has 3 rings (SSSR count). The summed E-state index contributed by atoms with van der Waals surface area (Å²) in [7, 11) is 1.31. The molecule has 0 aliphatic heterocycles. The summed E-state index contributed by atoms with van der Waals surface area (Å²) in [6.07, 6.45) is 6.55. The molecule has 1 N–H and O–H groups in total. The quantitative estimate of drug-likeness (QED) is 0.711. The summed E-state index contributed by atoms with van der Waals surface area (Å²) in [6.45, 7) is 0.218. The summed E-state index contributed by atoms with van der Waals surface area (Å²) in [5.74, 6) is -0.721. The number of nitrogens with zero attached hydrogens (tertiary/aromatic N) is 3. The van der Waals surface area contributed by atoms with Gasteiger partial charge in [0.15, 0.2) is 0 Å². The van der Waals surface area contributed by atoms with Crippen molar-refractivity contribution < 1.29 is 14.3 Å². The zero-order valence-electron chi connectivity index (χ0n) is 14.0. The summed E-state index contributed by atoms with van der Waals surface area (Å²) < 4.78 is 4.64. The van der Waals surface area contributed by atoms with Crippen LogP contribution in [0.25, 0.3) is 11.3 Å². The van der Waals surface area contributed by atoms with Crippen LogP contribution >= 0.6 is 0 Å². The van der Waals surface area contributed by atoms with Gasteiger partial charge in [-0.2, -0.15) is 0 Å². The average molecular weight is 348 g/mol. The van der Waals surface area contributed by atoms with Crippen molar-refractivity contribution in [1.29, 1.82) is 0 Å². The highest BCUT2D eigenvalue weighted by Crippen LogP contribution is 2.18. The number of benzene rings is 1. The number of rotatable bonds is 5. The molecular weight excluding hydrogens is 332 g/mol. The first-order chi connectivity index (χ1) is 12.7. The molecule has 0 radical (unpaired) electrons. The Morgan fingerprint density at radius 1 is 1.00 bits per heavy atom. The molecule has 3 aromatic rings. The highest BCUT2D eigenvalue weighted by atomic mass is 16.5. The van der Waals surface area contributed by atoms with E-state index < -0.39 is 5.97 Å². The van der Waals surface area contributed by atoms with E-state index in [1.165, 1.54) is 7.11 Å². The highest BCUT2D eigenvalue weighted by molar-refractivity contribution is 5.96. The lowest BCUT2D eigenvalue weighted by molar-refractivity contribution is 0.0600. The fourth-order valence-corrected chi connectivity index (χ4v) is 2.38. The molecule has 0 aliphatic carbocycles. The molecule has 2 aromatic heterocycles. The number of aromatic nitrogens is 3. The van der Waals surface area contributed by atoms with Crippen LogP contribution in [0.5, 0.6) is 0 Å². The van der Waals surface area contributed by atoms with E-state index in [1.54, 1.807) is 49.1 Å². The van der Waals surface area contributed by atoms with Gasteiger partial charge in [0, 0.05) is 35.9 Å². The minimum Gasteiger partial charge on any atom is -0.465 e. The fourth-order valence-electron chi connectivity index (χ4n) is 2.38. The Kier molecular flexibility index (Phi) is 5.28. The van der Waals surface area contributed by atoms with E-state index in [9.17, 15) is 9.59 Å². The number of ether oxygens (including phenoxy) is 1. The first-order valence-corrected chi connectivity index (χ1v) is 7.86. The molecule has 0 atom stereocenters. The van der Waals surface area contributed by atoms with E-state index in [1.807, 2.05) is 12.1 Å². The zero-order chi connectivity index (χ0) is 18.4. The Hall–Kier alpha value is -3.61. The van der Waals surface area contributed by atoms with Crippen LogP contribution in [0.2, 0.25) is 0 Å². The van der Waals surface area contributed by atoms with Gasteiger partial charge in [-0.1, -0.05) is 0 Å². The van der Waals surface area contributed by atoms with Gasteiger partial charge < -0.3 is 10.1 Å². The summed E-state index contributed by atoms with van der Waals surface area (Å²) in [4.78, 5) is 36.5. The Morgan fingerprint density at radius 3 is 2.42 bits per heavy atom. The Bertz CT molecular complexity index is 912. The molecule has 7 nitrogen and oxygen atoms in total. The van der Waals surface area contributed by atoms with Crippen LogP contribution in [-0.4, -0.2) is 33.9 Å². The molecule has 0 fully saturated rings. The molecule has 7 heteroatoms. The van der Waals surface area contributed by atoms with E-state index in [0.29, 0.717) is 22.5 Å². The number of amides is 1. The predicted molar refractivity (Wildman–Crippen MR) is 94.2 cm³/mol. The van der Waals surface area contributed by atoms with Crippen molar-refractivity contribution in [2.45, 2.75) is 6.54 Å². The Labute approximate surface area is 150 Å². The van der Waals surface area contributed by atoms with Crippen molar-refractivity contribution in [2.24, 2.45) is 0 Å². The second-order valence-electron chi connectivity index (χ2n) is 5.34. The maximum atomic E-state index is 12.3. The number of esters is 1. The minimum absolute atomic E-state index is 0.218. The standard InChI is InChI=1S/C19H16N4O3/c1-26-19(25)14-6-4-13(5-7-14)18(24)23-12-16-17(22-10-9-21-16)15-3-2-8-20-11-15/h2-11H,12H2,1H3,(H,23,24). The molecule has 0 saturated carbocycles. The molecule has 0 unspecified atom stereocenters. The molecule has 26 heavy (non-hydrogen) atoms. The van der Waals surface area contributed by atoms with Gasteiger partial charge in [0.25, 0.3) is 5.91 Å². The van der Waals surface area contributed by atoms with Gasteiger partial charge in [-0.25, -0.2) is 4.79 Å². The third-order valence-electron chi connectivity index (χ3n) is 3.69. The molecule has 0 spiro atoms. The first-order valence-electron chi connectivity index (χ1n) is 7.86. The number of pyridine rings is 1. The molecule has 1 amide bonds. The summed E-state index contributed by atoms with van der Waals surface area (Å²) in [5, 5.41) is 2.81. The van der Waals surface area contributed by atoms with E-state index in [2.05, 4.69) is 25.0 Å². The number of nitrogens with one attached hydrogen (secondary N) is 1. The van der Waals surface area contributed by atoms with Crippen LogP contribution in [-0.2, 0) is 11.3 Å². The van der Waals surface area contributed by atoms with Gasteiger partial charge in [-0.15, -0.1) is 0 Å². The SMILES string of the molecule is COC(=O)c1ccc(C(=O)NCc2nccnc2-c2cccnc2)cc1. The molecule has 0 saturated heterocycles. The van der Waals surface area contributed by atoms with Crippen molar-refractivity contribution in [3.8, 4) is 11.3 Å². The Balaban J connectivity index is 1.72. The average Bonchev–Trinajstić information content (AvgIpc) is 2.72. The van der Waals surface area contributed by atoms with Gasteiger partial charge in [0.05, 0.1) is 30.6 Å². The van der Waals surface area contributed by atoms with Crippen molar-refractivity contribution in [2.75, 3.05) is 7.11 Å². The summed E-state index contributed by atoms with van der Waals surface area (Å²) >= 11 is 0. The van der Waals surface area contributed by atoms with E-state index >= 15 is 0 Å².